The highest BCUT2D eigenvalue weighted by Gasteiger charge is 2.07. The largest absolute Gasteiger partial charge is 0.409 e. The molecule has 0 fully saturated rings. The van der Waals surface area contributed by atoms with Crippen LogP contribution in [0.15, 0.2) is 35.9 Å². The number of hydrogen-bond acceptors (Lipinski definition) is 5. The van der Waals surface area contributed by atoms with Crippen LogP contribution in [0.2, 0.25) is 0 Å². The average molecular weight is 257 g/mol. The number of oxime groups is 1. The van der Waals surface area contributed by atoms with Gasteiger partial charge in [-0.25, -0.2) is 4.98 Å². The van der Waals surface area contributed by atoms with Crippen molar-refractivity contribution >= 4 is 29.6 Å². The van der Waals surface area contributed by atoms with Gasteiger partial charge in [0.15, 0.2) is 5.84 Å². The zero-order valence-corrected chi connectivity index (χ0v) is 9.70. The van der Waals surface area contributed by atoms with Crippen LogP contribution in [-0.2, 0) is 0 Å². The first-order valence-corrected chi connectivity index (χ1v) is 4.97. The molecule has 84 valence electrons. The summed E-state index contributed by atoms with van der Waals surface area (Å²) >= 11 is 1.36. The van der Waals surface area contributed by atoms with Gasteiger partial charge in [0.05, 0.1) is 4.88 Å². The first kappa shape index (κ1) is 12.4. The third-order valence-electron chi connectivity index (χ3n) is 1.79. The lowest BCUT2D eigenvalue weighted by Crippen LogP contribution is -2.10. The maximum atomic E-state index is 8.50. The van der Waals surface area contributed by atoms with Crippen molar-refractivity contribution in [2.75, 3.05) is 0 Å². The van der Waals surface area contributed by atoms with E-state index < -0.39 is 0 Å². The highest BCUT2D eigenvalue weighted by Crippen LogP contribution is 2.23. The minimum Gasteiger partial charge on any atom is -0.409 e. The van der Waals surface area contributed by atoms with Gasteiger partial charge in [0.25, 0.3) is 0 Å². The van der Waals surface area contributed by atoms with E-state index in [1.807, 2.05) is 12.1 Å². The van der Waals surface area contributed by atoms with Crippen LogP contribution in [-0.4, -0.2) is 21.0 Å². The Morgan fingerprint density at radius 3 is 2.69 bits per heavy atom. The molecular formula is C9H9ClN4OS. The number of nitrogens with two attached hydrogens (primary N) is 1. The molecule has 0 aliphatic carbocycles. The molecule has 0 aliphatic heterocycles. The highest BCUT2D eigenvalue weighted by molar-refractivity contribution is 7.17. The van der Waals surface area contributed by atoms with Crippen molar-refractivity contribution in [3.8, 4) is 10.6 Å². The van der Waals surface area contributed by atoms with Crippen LogP contribution in [0.4, 0.5) is 0 Å². The van der Waals surface area contributed by atoms with Crippen molar-refractivity contribution in [1.82, 2.24) is 9.97 Å². The van der Waals surface area contributed by atoms with Gasteiger partial charge in [0, 0.05) is 24.2 Å². The number of nitrogens with zero attached hydrogens (tertiary/aromatic N) is 3. The van der Waals surface area contributed by atoms with Gasteiger partial charge in [-0.3, -0.25) is 4.98 Å². The molecule has 2 aromatic rings. The Balaban J connectivity index is 0.00000128. The molecule has 0 aliphatic rings. The summed E-state index contributed by atoms with van der Waals surface area (Å²) in [6.45, 7) is 0. The molecule has 2 aromatic heterocycles. The molecule has 0 saturated heterocycles. The molecule has 0 spiro atoms. The lowest BCUT2D eigenvalue weighted by molar-refractivity contribution is 0.319. The molecule has 0 saturated carbocycles. The van der Waals surface area contributed by atoms with Crippen molar-refractivity contribution < 1.29 is 5.21 Å². The summed E-state index contributed by atoms with van der Waals surface area (Å²) in [5.74, 6) is 0.0767. The smallest absolute Gasteiger partial charge is 0.181 e. The fourth-order valence-electron chi connectivity index (χ4n) is 1.07. The van der Waals surface area contributed by atoms with E-state index in [2.05, 4.69) is 15.1 Å². The van der Waals surface area contributed by atoms with E-state index in [0.29, 0.717) is 4.88 Å². The average Bonchev–Trinajstić information content (AvgIpc) is 2.78. The van der Waals surface area contributed by atoms with Gasteiger partial charge in [-0.15, -0.1) is 23.7 Å². The maximum Gasteiger partial charge on any atom is 0.181 e. The van der Waals surface area contributed by atoms with E-state index in [1.165, 1.54) is 11.3 Å². The summed E-state index contributed by atoms with van der Waals surface area (Å²) in [6.07, 6.45) is 4.97. The SMILES string of the molecule is Cl.NC(=NO)c1cnc(-c2ccncc2)s1. The summed E-state index contributed by atoms with van der Waals surface area (Å²) in [4.78, 5) is 8.73. The van der Waals surface area contributed by atoms with Gasteiger partial charge in [-0.05, 0) is 12.1 Å². The van der Waals surface area contributed by atoms with Crippen LogP contribution in [0.25, 0.3) is 10.6 Å². The number of pyridine rings is 1. The lowest BCUT2D eigenvalue weighted by atomic mass is 10.3. The van der Waals surface area contributed by atoms with Gasteiger partial charge in [-0.1, -0.05) is 5.16 Å². The topological polar surface area (TPSA) is 84.4 Å². The molecule has 7 heteroatoms. The van der Waals surface area contributed by atoms with Crippen molar-refractivity contribution in [3.05, 3.63) is 35.6 Å². The normalized spacial score (nSPS) is 10.9. The third-order valence-corrected chi connectivity index (χ3v) is 2.86. The number of rotatable bonds is 2. The third kappa shape index (κ3) is 2.47. The Hall–Kier alpha value is -1.66. The van der Waals surface area contributed by atoms with Crippen LogP contribution in [0.1, 0.15) is 4.88 Å². The first-order valence-electron chi connectivity index (χ1n) is 4.15. The monoisotopic (exact) mass is 256 g/mol. The quantitative estimate of drug-likeness (QED) is 0.371. The Bertz CT molecular complexity index is 485. The molecule has 0 amide bonds. The number of aromatic nitrogens is 2. The second-order valence-corrected chi connectivity index (χ2v) is 3.78. The van der Waals surface area contributed by atoms with Crippen LogP contribution >= 0.6 is 23.7 Å². The van der Waals surface area contributed by atoms with E-state index in [9.17, 15) is 0 Å². The minimum atomic E-state index is 0. The van der Waals surface area contributed by atoms with E-state index in [-0.39, 0.29) is 18.2 Å². The second-order valence-electron chi connectivity index (χ2n) is 2.75. The second kappa shape index (κ2) is 5.43. The zero-order valence-electron chi connectivity index (χ0n) is 8.07. The fourth-order valence-corrected chi connectivity index (χ4v) is 1.89. The van der Waals surface area contributed by atoms with Crippen molar-refractivity contribution in [3.63, 3.8) is 0 Å². The molecule has 3 N–H and O–H groups in total. The predicted molar refractivity (Wildman–Crippen MR) is 65.1 cm³/mol. The Morgan fingerprint density at radius 1 is 1.38 bits per heavy atom. The van der Waals surface area contributed by atoms with Crippen molar-refractivity contribution in [2.45, 2.75) is 0 Å². The van der Waals surface area contributed by atoms with Crippen LogP contribution in [0.5, 0.6) is 0 Å². The van der Waals surface area contributed by atoms with Gasteiger partial charge >= 0.3 is 0 Å². The number of amidine groups is 1. The van der Waals surface area contributed by atoms with E-state index in [1.54, 1.807) is 18.6 Å². The Kier molecular flexibility index (Phi) is 4.21. The standard InChI is InChI=1S/C9H8N4OS.ClH/c10-8(13-14)7-5-12-9(15-7)6-1-3-11-4-2-6;/h1-5,14H,(H2,10,13);1H. The Morgan fingerprint density at radius 2 is 2.06 bits per heavy atom. The Labute approximate surface area is 102 Å². The van der Waals surface area contributed by atoms with Gasteiger partial charge < -0.3 is 10.9 Å². The fraction of sp³-hybridized carbons (Fsp3) is 0. The van der Waals surface area contributed by atoms with E-state index in [0.717, 1.165) is 10.6 Å². The molecule has 0 bridgehead atoms. The van der Waals surface area contributed by atoms with Gasteiger partial charge in [0.1, 0.15) is 5.01 Å². The summed E-state index contributed by atoms with van der Waals surface area (Å²) in [5.41, 5.74) is 6.41. The van der Waals surface area contributed by atoms with Crippen molar-refractivity contribution in [1.29, 1.82) is 0 Å². The lowest BCUT2D eigenvalue weighted by Gasteiger charge is -1.92. The van der Waals surface area contributed by atoms with E-state index >= 15 is 0 Å². The molecule has 5 nitrogen and oxygen atoms in total. The summed E-state index contributed by atoms with van der Waals surface area (Å²) in [5, 5.41) is 12.2. The maximum absolute atomic E-state index is 8.50. The molecule has 16 heavy (non-hydrogen) atoms. The number of halogens is 1. The highest BCUT2D eigenvalue weighted by atomic mass is 35.5. The number of thiazole rings is 1. The number of hydrogen-bond donors (Lipinski definition) is 2. The molecule has 2 heterocycles. The molecule has 0 atom stereocenters. The molecular weight excluding hydrogens is 248 g/mol. The molecule has 2 rings (SSSR count). The minimum absolute atomic E-state index is 0. The van der Waals surface area contributed by atoms with Crippen LogP contribution in [0.3, 0.4) is 0 Å². The van der Waals surface area contributed by atoms with Crippen molar-refractivity contribution in [2.24, 2.45) is 10.9 Å². The van der Waals surface area contributed by atoms with Crippen LogP contribution < -0.4 is 5.73 Å². The van der Waals surface area contributed by atoms with Gasteiger partial charge in [0.2, 0.25) is 0 Å². The van der Waals surface area contributed by atoms with Crippen LogP contribution in [0, 0.1) is 0 Å². The summed E-state index contributed by atoms with van der Waals surface area (Å²) < 4.78 is 0. The molecule has 0 unspecified atom stereocenters. The van der Waals surface area contributed by atoms with Gasteiger partial charge in [-0.2, -0.15) is 0 Å². The summed E-state index contributed by atoms with van der Waals surface area (Å²) in [7, 11) is 0. The zero-order chi connectivity index (χ0) is 10.7. The molecule has 0 aromatic carbocycles. The summed E-state index contributed by atoms with van der Waals surface area (Å²) in [6, 6.07) is 3.71. The predicted octanol–water partition coefficient (Wildman–Crippen LogP) is 1.72. The first-order chi connectivity index (χ1) is 7.31. The molecule has 0 radical (unpaired) electrons. The van der Waals surface area contributed by atoms with E-state index in [4.69, 9.17) is 10.9 Å².